The number of aromatic nitrogens is 1. The lowest BCUT2D eigenvalue weighted by atomic mass is 10.2. The lowest BCUT2D eigenvalue weighted by Crippen LogP contribution is -2.30. The Morgan fingerprint density at radius 2 is 2.15 bits per heavy atom. The number of rotatable bonds is 3. The second-order valence-corrected chi connectivity index (χ2v) is 5.62. The molecule has 20 heavy (non-hydrogen) atoms. The van der Waals surface area contributed by atoms with E-state index in [0.29, 0.717) is 11.4 Å². The molecule has 0 aliphatic rings. The predicted octanol–water partition coefficient (Wildman–Crippen LogP) is 2.66. The van der Waals surface area contributed by atoms with Crippen molar-refractivity contribution in [1.82, 2.24) is 9.99 Å². The molecule has 0 fully saturated rings. The van der Waals surface area contributed by atoms with E-state index < -0.39 is 0 Å². The van der Waals surface area contributed by atoms with E-state index in [-0.39, 0.29) is 5.91 Å². The molecule has 0 aliphatic carbocycles. The van der Waals surface area contributed by atoms with Crippen molar-refractivity contribution in [3.05, 3.63) is 57.9 Å². The Balaban J connectivity index is 2.02. The van der Waals surface area contributed by atoms with Crippen LogP contribution in [-0.2, 0) is 6.54 Å². The molecule has 102 valence electrons. The molecule has 0 bridgehead atoms. The maximum atomic E-state index is 11.7. The third-order valence-electron chi connectivity index (χ3n) is 3.41. The number of nitrogens with one attached hydrogen (secondary N) is 1. The number of aryl methyl sites for hydroxylation is 1. The largest absolute Gasteiger partial charge is 0.343 e. The molecular formula is C15H15N3OS. The van der Waals surface area contributed by atoms with Crippen LogP contribution < -0.4 is 11.3 Å². The first-order chi connectivity index (χ1) is 9.70. The first kappa shape index (κ1) is 12.9. The summed E-state index contributed by atoms with van der Waals surface area (Å²) in [6.45, 7) is 2.76. The minimum absolute atomic E-state index is 0.233. The van der Waals surface area contributed by atoms with Crippen molar-refractivity contribution in [3.63, 3.8) is 0 Å². The number of para-hydroxylation sites is 1. The third-order valence-corrected chi connectivity index (χ3v) is 4.37. The average Bonchev–Trinajstić information content (AvgIpc) is 3.05. The van der Waals surface area contributed by atoms with E-state index in [4.69, 9.17) is 5.84 Å². The van der Waals surface area contributed by atoms with Crippen LogP contribution in [0.1, 0.15) is 20.8 Å². The highest BCUT2D eigenvalue weighted by molar-refractivity contribution is 7.12. The van der Waals surface area contributed by atoms with Crippen molar-refractivity contribution in [2.75, 3.05) is 0 Å². The van der Waals surface area contributed by atoms with Crippen LogP contribution in [0.4, 0.5) is 0 Å². The number of nitrogens with zero attached hydrogens (tertiary/aromatic N) is 1. The van der Waals surface area contributed by atoms with Crippen LogP contribution in [0.25, 0.3) is 10.9 Å². The maximum absolute atomic E-state index is 11.7. The Hall–Kier alpha value is -2.11. The fourth-order valence-corrected chi connectivity index (χ4v) is 3.29. The molecule has 3 N–H and O–H groups in total. The van der Waals surface area contributed by atoms with Gasteiger partial charge in [-0.05, 0) is 35.6 Å². The number of nitrogen functional groups attached to an aromatic ring is 1. The van der Waals surface area contributed by atoms with Gasteiger partial charge in [0.25, 0.3) is 5.91 Å². The number of benzene rings is 1. The summed E-state index contributed by atoms with van der Waals surface area (Å²) < 4.78 is 2.17. The minimum Gasteiger partial charge on any atom is -0.343 e. The molecule has 0 spiro atoms. The normalized spacial score (nSPS) is 10.9. The molecule has 1 amide bonds. The summed E-state index contributed by atoms with van der Waals surface area (Å²) in [5, 5.41) is 3.16. The third kappa shape index (κ3) is 2.11. The van der Waals surface area contributed by atoms with Gasteiger partial charge in [0.2, 0.25) is 0 Å². The lowest BCUT2D eigenvalue weighted by Gasteiger charge is -2.06. The molecule has 3 rings (SSSR count). The van der Waals surface area contributed by atoms with Crippen molar-refractivity contribution in [3.8, 4) is 0 Å². The van der Waals surface area contributed by atoms with Crippen LogP contribution >= 0.6 is 11.3 Å². The second kappa shape index (κ2) is 5.11. The van der Waals surface area contributed by atoms with Gasteiger partial charge in [0, 0.05) is 23.6 Å². The Bertz CT molecular complexity index is 772. The number of fused-ring (bicyclic) bond motifs is 1. The van der Waals surface area contributed by atoms with E-state index in [1.807, 2.05) is 23.6 Å². The van der Waals surface area contributed by atoms with Gasteiger partial charge >= 0.3 is 0 Å². The van der Waals surface area contributed by atoms with Crippen LogP contribution in [-0.4, -0.2) is 10.5 Å². The number of amides is 1. The first-order valence-electron chi connectivity index (χ1n) is 6.32. The molecule has 0 radical (unpaired) electrons. The smallest absolute Gasteiger partial charge is 0.275 e. The summed E-state index contributed by atoms with van der Waals surface area (Å²) in [5.74, 6) is 4.99. The first-order valence-corrected chi connectivity index (χ1v) is 7.20. The number of carbonyl (C=O) groups is 1. The second-order valence-electron chi connectivity index (χ2n) is 4.71. The van der Waals surface area contributed by atoms with Crippen molar-refractivity contribution >= 4 is 28.1 Å². The fourth-order valence-electron chi connectivity index (χ4n) is 2.47. The zero-order valence-corrected chi connectivity index (χ0v) is 11.9. The molecule has 0 atom stereocenters. The van der Waals surface area contributed by atoms with Crippen LogP contribution in [0.2, 0.25) is 0 Å². The summed E-state index contributed by atoms with van der Waals surface area (Å²) in [4.78, 5) is 12.4. The Labute approximate surface area is 120 Å². The van der Waals surface area contributed by atoms with Gasteiger partial charge in [-0.2, -0.15) is 0 Å². The SMILES string of the molecule is Cc1cn(Cc2ccsc2C(=O)NN)c2ccccc12. The lowest BCUT2D eigenvalue weighted by molar-refractivity contribution is 0.0957. The van der Waals surface area contributed by atoms with Gasteiger partial charge in [-0.25, -0.2) is 5.84 Å². The van der Waals surface area contributed by atoms with Gasteiger partial charge in [0.05, 0.1) is 4.88 Å². The molecule has 0 saturated carbocycles. The highest BCUT2D eigenvalue weighted by Gasteiger charge is 2.13. The molecule has 0 saturated heterocycles. The predicted molar refractivity (Wildman–Crippen MR) is 81.7 cm³/mol. The van der Waals surface area contributed by atoms with Gasteiger partial charge in [-0.15, -0.1) is 11.3 Å². The number of hydrogen-bond donors (Lipinski definition) is 2. The molecule has 1 aromatic carbocycles. The summed E-state index contributed by atoms with van der Waals surface area (Å²) in [6.07, 6.45) is 2.12. The number of nitrogens with two attached hydrogens (primary N) is 1. The summed E-state index contributed by atoms with van der Waals surface area (Å²) in [7, 11) is 0. The van der Waals surface area contributed by atoms with Crippen LogP contribution in [0.3, 0.4) is 0 Å². The Morgan fingerprint density at radius 1 is 1.35 bits per heavy atom. The van der Waals surface area contributed by atoms with E-state index in [1.54, 1.807) is 0 Å². The van der Waals surface area contributed by atoms with E-state index in [9.17, 15) is 4.79 Å². The highest BCUT2D eigenvalue weighted by atomic mass is 32.1. The Kier molecular flexibility index (Phi) is 3.30. The van der Waals surface area contributed by atoms with Crippen molar-refractivity contribution in [2.45, 2.75) is 13.5 Å². The van der Waals surface area contributed by atoms with Crippen molar-refractivity contribution < 1.29 is 4.79 Å². The quantitative estimate of drug-likeness (QED) is 0.441. The zero-order chi connectivity index (χ0) is 14.1. The average molecular weight is 285 g/mol. The molecule has 0 aliphatic heterocycles. The zero-order valence-electron chi connectivity index (χ0n) is 11.1. The van der Waals surface area contributed by atoms with Crippen molar-refractivity contribution in [2.24, 2.45) is 5.84 Å². The minimum atomic E-state index is -0.233. The van der Waals surface area contributed by atoms with E-state index in [0.717, 1.165) is 5.56 Å². The molecule has 2 aromatic heterocycles. The van der Waals surface area contributed by atoms with Gasteiger partial charge in [-0.1, -0.05) is 18.2 Å². The number of thiophene rings is 1. The van der Waals surface area contributed by atoms with E-state index >= 15 is 0 Å². The van der Waals surface area contributed by atoms with Gasteiger partial charge < -0.3 is 4.57 Å². The topological polar surface area (TPSA) is 60.0 Å². The van der Waals surface area contributed by atoms with Crippen molar-refractivity contribution in [1.29, 1.82) is 0 Å². The Morgan fingerprint density at radius 3 is 2.95 bits per heavy atom. The van der Waals surface area contributed by atoms with Crippen LogP contribution in [0, 0.1) is 6.92 Å². The van der Waals surface area contributed by atoms with Crippen LogP contribution in [0.5, 0.6) is 0 Å². The van der Waals surface area contributed by atoms with Gasteiger partial charge in [0.15, 0.2) is 0 Å². The summed E-state index contributed by atoms with van der Waals surface area (Å²) in [6, 6.07) is 10.2. The monoisotopic (exact) mass is 285 g/mol. The number of carbonyl (C=O) groups excluding carboxylic acids is 1. The molecular weight excluding hydrogens is 270 g/mol. The molecule has 2 heterocycles. The molecule has 3 aromatic rings. The molecule has 5 heteroatoms. The standard InChI is InChI=1S/C15H15N3OS/c1-10-8-18(13-5-3-2-4-12(10)13)9-11-6-7-20-14(11)15(19)17-16/h2-8H,9,16H2,1H3,(H,17,19). The van der Waals surface area contributed by atoms with Gasteiger partial charge in [0.1, 0.15) is 0 Å². The molecule has 4 nitrogen and oxygen atoms in total. The number of hydrazine groups is 1. The summed E-state index contributed by atoms with van der Waals surface area (Å²) >= 11 is 1.41. The number of hydrogen-bond acceptors (Lipinski definition) is 3. The fraction of sp³-hybridized carbons (Fsp3) is 0.133. The molecule has 0 unspecified atom stereocenters. The summed E-state index contributed by atoms with van der Waals surface area (Å²) in [5.41, 5.74) is 5.60. The van der Waals surface area contributed by atoms with Crippen LogP contribution in [0.15, 0.2) is 41.9 Å². The van der Waals surface area contributed by atoms with Gasteiger partial charge in [-0.3, -0.25) is 10.2 Å². The highest BCUT2D eigenvalue weighted by Crippen LogP contribution is 2.24. The van der Waals surface area contributed by atoms with E-state index in [2.05, 4.69) is 35.2 Å². The van der Waals surface area contributed by atoms with E-state index in [1.165, 1.54) is 27.8 Å². The maximum Gasteiger partial charge on any atom is 0.275 e.